The van der Waals surface area contributed by atoms with Crippen LogP contribution in [0.2, 0.25) is 10.0 Å². The van der Waals surface area contributed by atoms with Gasteiger partial charge in [0.05, 0.1) is 15.7 Å². The van der Waals surface area contributed by atoms with Crippen LogP contribution in [0.25, 0.3) is 0 Å². The highest BCUT2D eigenvalue weighted by Gasteiger charge is 2.24. The van der Waals surface area contributed by atoms with Gasteiger partial charge in [-0.25, -0.2) is 0 Å². The van der Waals surface area contributed by atoms with Crippen LogP contribution in [0.3, 0.4) is 0 Å². The average molecular weight is 321 g/mol. The van der Waals surface area contributed by atoms with E-state index in [1.54, 1.807) is 18.2 Å². The number of amides is 1. The molecule has 1 unspecified atom stereocenters. The lowest BCUT2D eigenvalue weighted by Crippen LogP contribution is -2.17. The lowest BCUT2D eigenvalue weighted by molar-refractivity contribution is -0.116. The van der Waals surface area contributed by atoms with Gasteiger partial charge < -0.3 is 10.6 Å². The molecule has 2 aromatic rings. The number of carbonyl (C=O) groups excluding carboxylic acids is 1. The monoisotopic (exact) mass is 320 g/mol. The molecule has 21 heavy (non-hydrogen) atoms. The van der Waals surface area contributed by atoms with Crippen LogP contribution in [-0.2, 0) is 4.79 Å². The van der Waals surface area contributed by atoms with Crippen LogP contribution in [0.4, 0.5) is 11.4 Å². The minimum atomic E-state index is -0.0893. The average Bonchev–Trinajstić information content (AvgIpc) is 2.87. The van der Waals surface area contributed by atoms with Gasteiger partial charge in [-0.2, -0.15) is 0 Å². The molecular weight excluding hydrogens is 307 g/mol. The summed E-state index contributed by atoms with van der Waals surface area (Å²) >= 11 is 12.1. The fourth-order valence-electron chi connectivity index (χ4n) is 2.57. The van der Waals surface area contributed by atoms with Gasteiger partial charge in [-0.05, 0) is 23.8 Å². The van der Waals surface area contributed by atoms with Gasteiger partial charge in [0.2, 0.25) is 5.91 Å². The van der Waals surface area contributed by atoms with Crippen molar-refractivity contribution in [2.24, 2.45) is 0 Å². The molecule has 0 saturated carbocycles. The summed E-state index contributed by atoms with van der Waals surface area (Å²) in [4.78, 5) is 12.2. The maximum absolute atomic E-state index is 12.2. The Balaban J connectivity index is 1.71. The Kier molecular flexibility index (Phi) is 4.04. The van der Waals surface area contributed by atoms with Crippen molar-refractivity contribution in [1.29, 1.82) is 0 Å². The number of nitrogens with one attached hydrogen (secondary N) is 2. The highest BCUT2D eigenvalue weighted by atomic mass is 35.5. The number of halogens is 2. The van der Waals surface area contributed by atoms with Crippen molar-refractivity contribution in [3.63, 3.8) is 0 Å². The zero-order valence-electron chi connectivity index (χ0n) is 11.2. The molecule has 0 spiro atoms. The van der Waals surface area contributed by atoms with E-state index in [1.807, 2.05) is 18.2 Å². The van der Waals surface area contributed by atoms with Crippen molar-refractivity contribution in [3.8, 4) is 0 Å². The molecule has 0 aliphatic carbocycles. The third-order valence-electron chi connectivity index (χ3n) is 3.60. The Morgan fingerprint density at radius 1 is 1.14 bits per heavy atom. The van der Waals surface area contributed by atoms with E-state index in [9.17, 15) is 4.79 Å². The van der Waals surface area contributed by atoms with Crippen LogP contribution in [0, 0.1) is 0 Å². The summed E-state index contributed by atoms with van der Waals surface area (Å²) in [5.41, 5.74) is 2.76. The fraction of sp³-hybridized carbons (Fsp3) is 0.188. The lowest BCUT2D eigenvalue weighted by atomic mass is 9.97. The summed E-state index contributed by atoms with van der Waals surface area (Å²) in [7, 11) is 0. The first-order chi connectivity index (χ1) is 10.1. The molecule has 1 aliphatic heterocycles. The first-order valence-electron chi connectivity index (χ1n) is 6.72. The van der Waals surface area contributed by atoms with Gasteiger partial charge in [-0.15, -0.1) is 0 Å². The summed E-state index contributed by atoms with van der Waals surface area (Å²) in [6, 6.07) is 13.2. The van der Waals surface area contributed by atoms with E-state index in [-0.39, 0.29) is 11.8 Å². The third kappa shape index (κ3) is 2.99. The SMILES string of the molecule is O=C(CC1CNc2ccccc21)Nc1c(Cl)cccc1Cl. The van der Waals surface area contributed by atoms with Gasteiger partial charge in [0.25, 0.3) is 0 Å². The summed E-state index contributed by atoms with van der Waals surface area (Å²) in [6.07, 6.45) is 0.394. The summed E-state index contributed by atoms with van der Waals surface area (Å²) in [6.45, 7) is 0.767. The molecule has 1 aliphatic rings. The molecule has 1 atom stereocenters. The predicted octanol–water partition coefficient (Wildman–Crippen LogP) is 4.53. The number of benzene rings is 2. The fourth-order valence-corrected chi connectivity index (χ4v) is 3.06. The van der Waals surface area contributed by atoms with Crippen molar-refractivity contribution in [2.75, 3.05) is 17.2 Å². The van der Waals surface area contributed by atoms with Crippen LogP contribution in [0.1, 0.15) is 17.9 Å². The Bertz CT molecular complexity index is 667. The van der Waals surface area contributed by atoms with Crippen molar-refractivity contribution >= 4 is 40.5 Å². The Hall–Kier alpha value is -1.71. The number of para-hydroxylation sites is 2. The maximum Gasteiger partial charge on any atom is 0.225 e. The second kappa shape index (κ2) is 5.96. The highest BCUT2D eigenvalue weighted by molar-refractivity contribution is 6.39. The number of hydrogen-bond donors (Lipinski definition) is 2. The predicted molar refractivity (Wildman–Crippen MR) is 87.4 cm³/mol. The second-order valence-electron chi connectivity index (χ2n) is 5.01. The minimum Gasteiger partial charge on any atom is -0.384 e. The molecule has 0 saturated heterocycles. The smallest absolute Gasteiger partial charge is 0.225 e. The molecule has 1 amide bonds. The number of fused-ring (bicyclic) bond motifs is 1. The van der Waals surface area contributed by atoms with E-state index in [1.165, 1.54) is 5.56 Å². The van der Waals surface area contributed by atoms with Gasteiger partial charge in [0, 0.05) is 24.6 Å². The van der Waals surface area contributed by atoms with Gasteiger partial charge in [-0.1, -0.05) is 47.5 Å². The Morgan fingerprint density at radius 3 is 2.62 bits per heavy atom. The minimum absolute atomic E-state index is 0.0893. The van der Waals surface area contributed by atoms with Crippen molar-refractivity contribution in [3.05, 3.63) is 58.1 Å². The quantitative estimate of drug-likeness (QED) is 0.872. The van der Waals surface area contributed by atoms with E-state index in [0.717, 1.165) is 12.2 Å². The number of carbonyl (C=O) groups is 1. The van der Waals surface area contributed by atoms with Gasteiger partial charge >= 0.3 is 0 Å². The maximum atomic E-state index is 12.2. The number of rotatable bonds is 3. The topological polar surface area (TPSA) is 41.1 Å². The van der Waals surface area contributed by atoms with Crippen molar-refractivity contribution in [2.45, 2.75) is 12.3 Å². The van der Waals surface area contributed by atoms with Gasteiger partial charge in [-0.3, -0.25) is 4.79 Å². The van der Waals surface area contributed by atoms with E-state index in [4.69, 9.17) is 23.2 Å². The first-order valence-corrected chi connectivity index (χ1v) is 7.47. The van der Waals surface area contributed by atoms with E-state index in [2.05, 4.69) is 16.7 Å². The molecule has 1 heterocycles. The van der Waals surface area contributed by atoms with Gasteiger partial charge in [0.15, 0.2) is 0 Å². The number of anilines is 2. The zero-order chi connectivity index (χ0) is 14.8. The summed E-state index contributed by atoms with van der Waals surface area (Å²) in [5, 5.41) is 7.01. The van der Waals surface area contributed by atoms with Crippen LogP contribution in [-0.4, -0.2) is 12.5 Å². The second-order valence-corrected chi connectivity index (χ2v) is 5.83. The molecule has 5 heteroatoms. The zero-order valence-corrected chi connectivity index (χ0v) is 12.7. The Morgan fingerprint density at radius 2 is 1.86 bits per heavy atom. The van der Waals surface area contributed by atoms with E-state index >= 15 is 0 Å². The summed E-state index contributed by atoms with van der Waals surface area (Å²) in [5.74, 6) is 0.0796. The first kappa shape index (κ1) is 14.2. The van der Waals surface area contributed by atoms with Crippen LogP contribution in [0.15, 0.2) is 42.5 Å². The molecule has 0 radical (unpaired) electrons. The van der Waals surface area contributed by atoms with Crippen molar-refractivity contribution < 1.29 is 4.79 Å². The number of hydrogen-bond acceptors (Lipinski definition) is 2. The lowest BCUT2D eigenvalue weighted by Gasteiger charge is -2.12. The summed E-state index contributed by atoms with van der Waals surface area (Å²) < 4.78 is 0. The largest absolute Gasteiger partial charge is 0.384 e. The van der Waals surface area contributed by atoms with E-state index < -0.39 is 0 Å². The molecule has 2 aromatic carbocycles. The Labute approximate surface area is 133 Å². The van der Waals surface area contributed by atoms with E-state index in [0.29, 0.717) is 22.2 Å². The molecule has 108 valence electrons. The normalized spacial score (nSPS) is 16.2. The van der Waals surface area contributed by atoms with Crippen LogP contribution >= 0.6 is 23.2 Å². The molecule has 0 fully saturated rings. The molecule has 0 aromatic heterocycles. The van der Waals surface area contributed by atoms with Gasteiger partial charge in [0.1, 0.15) is 0 Å². The van der Waals surface area contributed by atoms with Crippen molar-refractivity contribution in [1.82, 2.24) is 0 Å². The molecule has 0 bridgehead atoms. The standard InChI is InChI=1S/C16H14Cl2N2O/c17-12-5-3-6-13(18)16(12)20-15(21)8-10-9-19-14-7-2-1-4-11(10)14/h1-7,10,19H,8-9H2,(H,20,21). The molecule has 3 rings (SSSR count). The third-order valence-corrected chi connectivity index (χ3v) is 4.23. The van der Waals surface area contributed by atoms with Crippen LogP contribution in [0.5, 0.6) is 0 Å². The molecule has 2 N–H and O–H groups in total. The molecular formula is C16H14Cl2N2O. The van der Waals surface area contributed by atoms with Crippen LogP contribution < -0.4 is 10.6 Å². The molecule has 3 nitrogen and oxygen atoms in total. The highest BCUT2D eigenvalue weighted by Crippen LogP contribution is 2.34.